The second kappa shape index (κ2) is 7.95. The first-order valence-corrected chi connectivity index (χ1v) is 9.59. The van der Waals surface area contributed by atoms with Crippen LogP contribution in [0.3, 0.4) is 0 Å². The van der Waals surface area contributed by atoms with E-state index >= 15 is 0 Å². The summed E-state index contributed by atoms with van der Waals surface area (Å²) in [6.45, 7) is 0. The highest BCUT2D eigenvalue weighted by Crippen LogP contribution is 2.23. The largest absolute Gasteiger partial charge is 0.322 e. The Morgan fingerprint density at radius 1 is 0.844 bits per heavy atom. The average molecular weight is 428 g/mol. The van der Waals surface area contributed by atoms with Crippen LogP contribution in [0.25, 0.3) is 28.3 Å². The Morgan fingerprint density at radius 3 is 2.34 bits per heavy atom. The van der Waals surface area contributed by atoms with E-state index in [9.17, 15) is 13.6 Å². The van der Waals surface area contributed by atoms with Crippen LogP contribution < -0.4 is 5.32 Å². The Balaban J connectivity index is 1.42. The van der Waals surface area contributed by atoms with Gasteiger partial charge >= 0.3 is 0 Å². The summed E-state index contributed by atoms with van der Waals surface area (Å²) < 4.78 is 29.3. The van der Waals surface area contributed by atoms with Crippen LogP contribution >= 0.6 is 0 Å². The van der Waals surface area contributed by atoms with E-state index in [1.807, 2.05) is 6.07 Å². The molecule has 2 aromatic carbocycles. The van der Waals surface area contributed by atoms with Crippen molar-refractivity contribution in [3.63, 3.8) is 0 Å². The Kier molecular flexibility index (Phi) is 4.83. The maximum Gasteiger partial charge on any atom is 0.261 e. The number of amides is 1. The molecule has 1 N–H and O–H groups in total. The van der Waals surface area contributed by atoms with E-state index in [0.717, 1.165) is 23.3 Å². The Morgan fingerprint density at radius 2 is 1.62 bits per heavy atom. The van der Waals surface area contributed by atoms with Crippen molar-refractivity contribution in [2.75, 3.05) is 5.32 Å². The second-order valence-electron chi connectivity index (χ2n) is 6.88. The lowest BCUT2D eigenvalue weighted by Crippen LogP contribution is -2.15. The third kappa shape index (κ3) is 3.56. The molecule has 0 aliphatic heterocycles. The monoisotopic (exact) mass is 428 g/mol. The lowest BCUT2D eigenvalue weighted by Gasteiger charge is -2.08. The van der Waals surface area contributed by atoms with Gasteiger partial charge in [-0.1, -0.05) is 18.2 Å². The minimum Gasteiger partial charge on any atom is -0.322 e. The van der Waals surface area contributed by atoms with E-state index in [4.69, 9.17) is 0 Å². The number of fused-ring (bicyclic) bond motifs is 1. The first-order chi connectivity index (χ1) is 15.6. The van der Waals surface area contributed by atoms with Crippen molar-refractivity contribution < 1.29 is 13.6 Å². The second-order valence-corrected chi connectivity index (χ2v) is 6.88. The molecule has 0 saturated heterocycles. The fourth-order valence-corrected chi connectivity index (χ4v) is 3.25. The zero-order chi connectivity index (χ0) is 22.1. The standard InChI is InChI=1S/C23H14F2N6O/c24-17-4-1-5-18(25)21(17)23(32)27-16-8-6-14(7-9-16)19-10-11-20-28-29-22(31(20)30-19)15-3-2-12-26-13-15/h1-13H,(H,27,32). The molecule has 0 fully saturated rings. The zero-order valence-electron chi connectivity index (χ0n) is 16.4. The maximum atomic E-state index is 13.8. The number of carbonyl (C=O) groups excluding carboxylic acids is 1. The highest BCUT2D eigenvalue weighted by molar-refractivity contribution is 6.04. The van der Waals surface area contributed by atoms with Gasteiger partial charge in [0, 0.05) is 29.2 Å². The Bertz CT molecular complexity index is 1410. The number of anilines is 1. The molecule has 32 heavy (non-hydrogen) atoms. The van der Waals surface area contributed by atoms with Gasteiger partial charge in [-0.25, -0.2) is 8.78 Å². The van der Waals surface area contributed by atoms with E-state index in [1.54, 1.807) is 59.4 Å². The molecule has 7 nitrogen and oxygen atoms in total. The lowest BCUT2D eigenvalue weighted by atomic mass is 10.1. The molecular formula is C23H14F2N6O. The van der Waals surface area contributed by atoms with Gasteiger partial charge in [-0.05, 0) is 48.5 Å². The molecule has 1 amide bonds. The first-order valence-electron chi connectivity index (χ1n) is 9.59. The van der Waals surface area contributed by atoms with Crippen molar-refractivity contribution in [3.05, 3.63) is 96.3 Å². The van der Waals surface area contributed by atoms with Crippen molar-refractivity contribution in [2.45, 2.75) is 0 Å². The van der Waals surface area contributed by atoms with E-state index in [0.29, 0.717) is 22.9 Å². The van der Waals surface area contributed by atoms with Crippen LogP contribution in [0.5, 0.6) is 0 Å². The molecule has 5 rings (SSSR count). The summed E-state index contributed by atoms with van der Waals surface area (Å²) in [6, 6.07) is 17.3. The maximum absolute atomic E-state index is 13.8. The van der Waals surface area contributed by atoms with Crippen LogP contribution in [0.4, 0.5) is 14.5 Å². The summed E-state index contributed by atoms with van der Waals surface area (Å²) in [7, 11) is 0. The van der Waals surface area contributed by atoms with E-state index in [2.05, 4.69) is 25.6 Å². The number of hydrogen-bond acceptors (Lipinski definition) is 5. The number of aromatic nitrogens is 5. The zero-order valence-corrected chi connectivity index (χ0v) is 16.4. The van der Waals surface area contributed by atoms with Gasteiger partial charge in [-0.2, -0.15) is 9.61 Å². The molecule has 5 aromatic rings. The normalized spacial score (nSPS) is 10.9. The number of halogens is 2. The van der Waals surface area contributed by atoms with E-state index in [1.165, 1.54) is 6.07 Å². The molecule has 0 unspecified atom stereocenters. The molecule has 0 bridgehead atoms. The number of carbonyl (C=O) groups is 1. The van der Waals surface area contributed by atoms with Gasteiger partial charge in [-0.3, -0.25) is 9.78 Å². The summed E-state index contributed by atoms with van der Waals surface area (Å²) in [6.07, 6.45) is 3.35. The summed E-state index contributed by atoms with van der Waals surface area (Å²) in [5.74, 6) is -2.14. The van der Waals surface area contributed by atoms with Crippen molar-refractivity contribution >= 4 is 17.2 Å². The van der Waals surface area contributed by atoms with Gasteiger partial charge in [0.25, 0.3) is 5.91 Å². The minimum absolute atomic E-state index is 0.392. The van der Waals surface area contributed by atoms with E-state index < -0.39 is 23.1 Å². The molecule has 0 aliphatic carbocycles. The molecule has 0 spiro atoms. The predicted molar refractivity (Wildman–Crippen MR) is 114 cm³/mol. The number of rotatable bonds is 4. The topological polar surface area (TPSA) is 85.1 Å². The number of nitrogens with one attached hydrogen (secondary N) is 1. The summed E-state index contributed by atoms with van der Waals surface area (Å²) in [5, 5.41) is 15.4. The van der Waals surface area contributed by atoms with Crippen molar-refractivity contribution in [1.29, 1.82) is 0 Å². The number of pyridine rings is 1. The Labute approximate surface area is 180 Å². The van der Waals surface area contributed by atoms with Crippen molar-refractivity contribution in [1.82, 2.24) is 24.8 Å². The van der Waals surface area contributed by atoms with Crippen molar-refractivity contribution in [2.24, 2.45) is 0 Å². The van der Waals surface area contributed by atoms with Gasteiger partial charge in [0.1, 0.15) is 17.2 Å². The van der Waals surface area contributed by atoms with Gasteiger partial charge < -0.3 is 5.32 Å². The molecule has 3 aromatic heterocycles. The van der Waals surface area contributed by atoms with Crippen LogP contribution in [0.1, 0.15) is 10.4 Å². The third-order valence-corrected chi connectivity index (χ3v) is 4.81. The molecule has 0 aliphatic rings. The van der Waals surface area contributed by atoms with Gasteiger partial charge in [0.05, 0.1) is 5.69 Å². The number of benzene rings is 2. The van der Waals surface area contributed by atoms with Crippen molar-refractivity contribution in [3.8, 4) is 22.6 Å². The van der Waals surface area contributed by atoms with Crippen LogP contribution in [-0.2, 0) is 0 Å². The minimum atomic E-state index is -0.921. The smallest absolute Gasteiger partial charge is 0.261 e. The van der Waals surface area contributed by atoms with Crippen LogP contribution in [0.2, 0.25) is 0 Å². The van der Waals surface area contributed by atoms with E-state index in [-0.39, 0.29) is 0 Å². The molecule has 9 heteroatoms. The molecule has 3 heterocycles. The first kappa shape index (κ1) is 19.4. The van der Waals surface area contributed by atoms with Crippen LogP contribution in [-0.4, -0.2) is 30.7 Å². The summed E-state index contributed by atoms with van der Waals surface area (Å²) in [5.41, 5.74) is 2.56. The fraction of sp³-hybridized carbons (Fsp3) is 0. The molecule has 0 atom stereocenters. The fourth-order valence-electron chi connectivity index (χ4n) is 3.25. The lowest BCUT2D eigenvalue weighted by molar-refractivity contribution is 0.101. The van der Waals surface area contributed by atoms with Gasteiger partial charge in [0.2, 0.25) is 0 Å². The Hall–Kier alpha value is -4.53. The quantitative estimate of drug-likeness (QED) is 0.459. The molecule has 0 radical (unpaired) electrons. The SMILES string of the molecule is O=C(Nc1ccc(-c2ccc3nnc(-c4cccnc4)n3n2)cc1)c1c(F)cccc1F. The van der Waals surface area contributed by atoms with Gasteiger partial charge in [-0.15, -0.1) is 10.2 Å². The predicted octanol–water partition coefficient (Wildman–Crippen LogP) is 4.38. The molecule has 0 saturated carbocycles. The van der Waals surface area contributed by atoms with Crippen LogP contribution in [0, 0.1) is 11.6 Å². The molecule has 156 valence electrons. The molecular weight excluding hydrogens is 414 g/mol. The summed E-state index contributed by atoms with van der Waals surface area (Å²) in [4.78, 5) is 16.4. The van der Waals surface area contributed by atoms with Gasteiger partial charge in [0.15, 0.2) is 11.5 Å². The average Bonchev–Trinajstić information content (AvgIpc) is 3.23. The third-order valence-electron chi connectivity index (χ3n) is 4.81. The highest BCUT2D eigenvalue weighted by Gasteiger charge is 2.17. The number of nitrogens with zero attached hydrogens (tertiary/aromatic N) is 5. The number of hydrogen-bond donors (Lipinski definition) is 1. The highest BCUT2D eigenvalue weighted by atomic mass is 19.1. The van der Waals surface area contributed by atoms with Crippen LogP contribution in [0.15, 0.2) is 79.1 Å². The summed E-state index contributed by atoms with van der Waals surface area (Å²) >= 11 is 0.